The van der Waals surface area contributed by atoms with Crippen LogP contribution in [0.5, 0.6) is 0 Å². The number of anilines is 1. The molecule has 0 fully saturated rings. The van der Waals surface area contributed by atoms with E-state index in [2.05, 4.69) is 21.6 Å². The Labute approximate surface area is 137 Å². The minimum Gasteiger partial charge on any atom is -0.349 e. The number of para-hydroxylation sites is 1. The number of hydrogen-bond acceptors (Lipinski definition) is 5. The molecule has 1 aromatic rings. The van der Waals surface area contributed by atoms with Crippen molar-refractivity contribution in [2.75, 3.05) is 11.3 Å². The number of amides is 4. The van der Waals surface area contributed by atoms with E-state index in [9.17, 15) is 22.8 Å². The SMILES string of the molecule is C=CCNC(=O)c1ccccc1NS(=O)(=O)C1C=NC(=O)NC1=O. The third-order valence-electron chi connectivity index (χ3n) is 2.98. The summed E-state index contributed by atoms with van der Waals surface area (Å²) in [7, 11) is -4.25. The number of benzene rings is 1. The van der Waals surface area contributed by atoms with Crippen LogP contribution in [0.15, 0.2) is 41.9 Å². The van der Waals surface area contributed by atoms with E-state index >= 15 is 0 Å². The second-order valence-corrected chi connectivity index (χ2v) is 6.49. The van der Waals surface area contributed by atoms with E-state index in [1.807, 2.05) is 0 Å². The van der Waals surface area contributed by atoms with Crippen molar-refractivity contribution in [2.45, 2.75) is 5.25 Å². The number of imide groups is 1. The first-order chi connectivity index (χ1) is 11.3. The molecule has 1 atom stereocenters. The molecule has 24 heavy (non-hydrogen) atoms. The monoisotopic (exact) mass is 350 g/mol. The van der Waals surface area contributed by atoms with Crippen molar-refractivity contribution in [3.63, 3.8) is 0 Å². The zero-order chi connectivity index (χ0) is 17.7. The molecule has 10 heteroatoms. The second kappa shape index (κ2) is 7.04. The Morgan fingerprint density at radius 2 is 2.04 bits per heavy atom. The van der Waals surface area contributed by atoms with Gasteiger partial charge in [-0.2, -0.15) is 0 Å². The Morgan fingerprint density at radius 3 is 2.71 bits per heavy atom. The molecule has 2 rings (SSSR count). The average molecular weight is 350 g/mol. The highest BCUT2D eigenvalue weighted by molar-refractivity contribution is 7.94. The number of nitrogens with one attached hydrogen (secondary N) is 3. The van der Waals surface area contributed by atoms with Gasteiger partial charge in [0.1, 0.15) is 0 Å². The van der Waals surface area contributed by atoms with Gasteiger partial charge in [-0.1, -0.05) is 18.2 Å². The predicted molar refractivity (Wildman–Crippen MR) is 87.3 cm³/mol. The van der Waals surface area contributed by atoms with Gasteiger partial charge in [-0.3, -0.25) is 19.6 Å². The molecule has 4 amide bonds. The fraction of sp³-hybridized carbons (Fsp3) is 0.143. The lowest BCUT2D eigenvalue weighted by molar-refractivity contribution is -0.118. The van der Waals surface area contributed by atoms with Crippen molar-refractivity contribution < 1.29 is 22.8 Å². The lowest BCUT2D eigenvalue weighted by atomic mass is 10.1. The van der Waals surface area contributed by atoms with Crippen LogP contribution in [0.4, 0.5) is 10.5 Å². The molecular formula is C14H14N4O5S. The maximum atomic E-state index is 12.3. The van der Waals surface area contributed by atoms with Crippen LogP contribution in [-0.2, 0) is 14.8 Å². The van der Waals surface area contributed by atoms with Crippen molar-refractivity contribution in [1.29, 1.82) is 0 Å². The van der Waals surface area contributed by atoms with Gasteiger partial charge in [0.25, 0.3) is 11.8 Å². The predicted octanol–water partition coefficient (Wildman–Crippen LogP) is 0.0333. The summed E-state index contributed by atoms with van der Waals surface area (Å²) in [5.41, 5.74) is 0.0734. The van der Waals surface area contributed by atoms with Gasteiger partial charge in [0.15, 0.2) is 5.25 Å². The Kier molecular flexibility index (Phi) is 5.09. The van der Waals surface area contributed by atoms with E-state index < -0.39 is 33.1 Å². The van der Waals surface area contributed by atoms with Crippen molar-refractivity contribution in [3.05, 3.63) is 42.5 Å². The third kappa shape index (κ3) is 3.84. The van der Waals surface area contributed by atoms with Crippen LogP contribution in [0.3, 0.4) is 0 Å². The van der Waals surface area contributed by atoms with E-state index in [0.717, 1.165) is 6.21 Å². The largest absolute Gasteiger partial charge is 0.349 e. The molecule has 9 nitrogen and oxygen atoms in total. The van der Waals surface area contributed by atoms with Gasteiger partial charge >= 0.3 is 6.03 Å². The molecule has 0 aliphatic carbocycles. The highest BCUT2D eigenvalue weighted by Gasteiger charge is 2.35. The first-order valence-corrected chi connectivity index (χ1v) is 8.28. The molecule has 0 saturated carbocycles. The van der Waals surface area contributed by atoms with Crippen molar-refractivity contribution in [3.8, 4) is 0 Å². The van der Waals surface area contributed by atoms with Crippen molar-refractivity contribution in [1.82, 2.24) is 10.6 Å². The summed E-state index contributed by atoms with van der Waals surface area (Å²) in [5, 5.41) is 2.65. The summed E-state index contributed by atoms with van der Waals surface area (Å²) in [6, 6.07) is 4.96. The maximum Gasteiger partial charge on any atom is 0.347 e. The van der Waals surface area contributed by atoms with Crippen LogP contribution in [0, 0.1) is 0 Å². The third-order valence-corrected chi connectivity index (χ3v) is 4.49. The lowest BCUT2D eigenvalue weighted by Crippen LogP contribution is -2.48. The van der Waals surface area contributed by atoms with Gasteiger partial charge < -0.3 is 5.32 Å². The molecular weight excluding hydrogens is 336 g/mol. The van der Waals surface area contributed by atoms with E-state index in [1.54, 1.807) is 11.4 Å². The van der Waals surface area contributed by atoms with Crippen LogP contribution in [0.2, 0.25) is 0 Å². The Bertz CT molecular complexity index is 831. The van der Waals surface area contributed by atoms with Gasteiger partial charge in [-0.25, -0.2) is 18.2 Å². The minimum absolute atomic E-state index is 0.00263. The molecule has 126 valence electrons. The van der Waals surface area contributed by atoms with E-state index in [4.69, 9.17) is 0 Å². The van der Waals surface area contributed by atoms with Gasteiger partial charge in [0.05, 0.1) is 11.3 Å². The highest BCUT2D eigenvalue weighted by Crippen LogP contribution is 2.18. The summed E-state index contributed by atoms with van der Waals surface area (Å²) in [6.07, 6.45) is 2.22. The first-order valence-electron chi connectivity index (χ1n) is 6.74. The summed E-state index contributed by atoms with van der Waals surface area (Å²) >= 11 is 0. The van der Waals surface area contributed by atoms with Crippen LogP contribution in [0.1, 0.15) is 10.4 Å². The molecule has 3 N–H and O–H groups in total. The number of aliphatic imine (C=N–C) groups is 1. The van der Waals surface area contributed by atoms with Crippen LogP contribution < -0.4 is 15.4 Å². The second-order valence-electron chi connectivity index (χ2n) is 4.68. The molecule has 1 aliphatic rings. The quantitative estimate of drug-likeness (QED) is 0.623. The number of rotatable bonds is 6. The van der Waals surface area contributed by atoms with Crippen molar-refractivity contribution >= 4 is 39.8 Å². The maximum absolute atomic E-state index is 12.3. The molecule has 1 heterocycles. The first kappa shape index (κ1) is 17.3. The zero-order valence-electron chi connectivity index (χ0n) is 12.4. The summed E-state index contributed by atoms with van der Waals surface area (Å²) in [5.74, 6) is -1.53. The molecule has 0 radical (unpaired) electrons. The molecule has 0 saturated heterocycles. The van der Waals surface area contributed by atoms with Gasteiger partial charge in [-0.05, 0) is 12.1 Å². The normalized spacial score (nSPS) is 17.1. The molecule has 1 aromatic carbocycles. The molecule has 1 unspecified atom stereocenters. The number of hydrogen-bond donors (Lipinski definition) is 3. The van der Waals surface area contributed by atoms with E-state index in [-0.39, 0.29) is 17.8 Å². The number of urea groups is 1. The summed E-state index contributed by atoms with van der Waals surface area (Å²) in [4.78, 5) is 37.9. The number of sulfonamides is 1. The molecule has 0 spiro atoms. The number of carbonyl (C=O) groups is 3. The van der Waals surface area contributed by atoms with Gasteiger partial charge in [0, 0.05) is 12.8 Å². The van der Waals surface area contributed by atoms with Gasteiger partial charge in [0.2, 0.25) is 10.0 Å². The number of carbonyl (C=O) groups excluding carboxylic acids is 3. The van der Waals surface area contributed by atoms with Crippen LogP contribution in [0.25, 0.3) is 0 Å². The Morgan fingerprint density at radius 1 is 1.33 bits per heavy atom. The molecule has 0 bridgehead atoms. The zero-order valence-corrected chi connectivity index (χ0v) is 13.2. The van der Waals surface area contributed by atoms with Crippen LogP contribution in [-0.4, -0.2) is 44.3 Å². The fourth-order valence-electron chi connectivity index (χ4n) is 1.88. The fourth-order valence-corrected chi connectivity index (χ4v) is 3.05. The van der Waals surface area contributed by atoms with E-state index in [1.165, 1.54) is 24.3 Å². The lowest BCUT2D eigenvalue weighted by Gasteiger charge is -2.18. The highest BCUT2D eigenvalue weighted by atomic mass is 32.2. The number of nitrogens with zero attached hydrogens (tertiary/aromatic N) is 1. The smallest absolute Gasteiger partial charge is 0.347 e. The molecule has 0 aromatic heterocycles. The Balaban J connectivity index is 2.29. The minimum atomic E-state index is -4.25. The average Bonchev–Trinajstić information content (AvgIpc) is 2.52. The molecule has 1 aliphatic heterocycles. The van der Waals surface area contributed by atoms with E-state index in [0.29, 0.717) is 0 Å². The summed E-state index contributed by atoms with van der Waals surface area (Å²) < 4.78 is 26.9. The standard InChI is InChI=1S/C14H14N4O5S/c1-2-7-15-12(19)9-5-3-4-6-10(9)18-24(22,23)11-8-16-14(21)17-13(11)20/h2-6,8,11,18H,1,7H2,(H,15,19)(H,17,20,21). The topological polar surface area (TPSA) is 134 Å². The summed E-state index contributed by atoms with van der Waals surface area (Å²) in [6.45, 7) is 3.68. The van der Waals surface area contributed by atoms with Gasteiger partial charge in [-0.15, -0.1) is 6.58 Å². The van der Waals surface area contributed by atoms with Crippen LogP contribution >= 0.6 is 0 Å². The van der Waals surface area contributed by atoms with Crippen molar-refractivity contribution in [2.24, 2.45) is 4.99 Å². The Hall–Kier alpha value is -3.01.